The Morgan fingerprint density at radius 2 is 2.05 bits per heavy atom. The van der Waals surface area contributed by atoms with Gasteiger partial charge in [0.15, 0.2) is 0 Å². The van der Waals surface area contributed by atoms with Crippen molar-refractivity contribution in [3.63, 3.8) is 0 Å². The quantitative estimate of drug-likeness (QED) is 0.910. The predicted molar refractivity (Wildman–Crippen MR) is 80.1 cm³/mol. The van der Waals surface area contributed by atoms with Crippen LogP contribution < -0.4 is 5.32 Å². The average Bonchev–Trinajstić information content (AvgIpc) is 2.85. The fourth-order valence-electron chi connectivity index (χ4n) is 2.56. The Bertz CT molecular complexity index is 740. The third-order valence-electron chi connectivity index (χ3n) is 3.57. The molecule has 2 aromatic heterocycles. The van der Waals surface area contributed by atoms with Crippen LogP contribution in [0.25, 0.3) is 0 Å². The van der Waals surface area contributed by atoms with Gasteiger partial charge in [0.2, 0.25) is 0 Å². The number of hydrogen-bond donors (Lipinski definition) is 2. The van der Waals surface area contributed by atoms with Gasteiger partial charge >= 0.3 is 5.97 Å². The molecule has 0 unspecified atom stereocenters. The maximum absolute atomic E-state index is 12.8. The molecular weight excluding hydrogens is 307 g/mol. The Morgan fingerprint density at radius 3 is 2.73 bits per heavy atom. The molecule has 22 heavy (non-hydrogen) atoms. The first-order valence-electron chi connectivity index (χ1n) is 6.87. The van der Waals surface area contributed by atoms with Crippen molar-refractivity contribution in [3.05, 3.63) is 45.8 Å². The van der Waals surface area contributed by atoms with Crippen molar-refractivity contribution in [2.24, 2.45) is 0 Å². The first-order chi connectivity index (χ1) is 10.6. The van der Waals surface area contributed by atoms with Gasteiger partial charge in [-0.15, -0.1) is 11.3 Å². The van der Waals surface area contributed by atoms with E-state index in [1.807, 2.05) is 0 Å². The summed E-state index contributed by atoms with van der Waals surface area (Å²) in [4.78, 5) is 28.4. The number of fused-ring (bicyclic) bond motifs is 1. The Balaban J connectivity index is 1.91. The smallest absolute Gasteiger partial charge is 0.339 e. The molecule has 0 aliphatic heterocycles. The minimum absolute atomic E-state index is 0.0455. The van der Waals surface area contributed by atoms with E-state index in [2.05, 4.69) is 10.3 Å². The molecule has 0 aromatic carbocycles. The lowest BCUT2D eigenvalue weighted by Gasteiger charge is -2.10. The van der Waals surface area contributed by atoms with E-state index in [9.17, 15) is 19.1 Å². The number of carbonyl (C=O) groups is 2. The molecule has 2 N–H and O–H groups in total. The molecule has 0 saturated carbocycles. The molecule has 2 aromatic rings. The number of aromatic nitrogens is 1. The second-order valence-corrected chi connectivity index (χ2v) is 6.14. The summed E-state index contributed by atoms with van der Waals surface area (Å²) >= 11 is 1.30. The van der Waals surface area contributed by atoms with Crippen LogP contribution in [0.4, 0.5) is 9.39 Å². The lowest BCUT2D eigenvalue weighted by molar-refractivity contribution is 0.0697. The van der Waals surface area contributed by atoms with E-state index in [0.717, 1.165) is 48.4 Å². The SMILES string of the molecule is O=C(Nc1sc2c(c1C(=O)O)CCCC2)c1ccc(F)cn1. The molecule has 1 aliphatic carbocycles. The molecule has 0 fully saturated rings. The Morgan fingerprint density at radius 1 is 1.27 bits per heavy atom. The summed E-state index contributed by atoms with van der Waals surface area (Å²) < 4.78 is 12.8. The molecule has 3 rings (SSSR count). The van der Waals surface area contributed by atoms with Gasteiger partial charge in [0.1, 0.15) is 16.5 Å². The number of carboxylic acid groups (broad SMARTS) is 1. The standard InChI is InChI=1S/C15H13FN2O3S/c16-8-5-6-10(17-7-8)13(19)18-14-12(15(20)21)9-3-1-2-4-11(9)22-14/h5-7H,1-4H2,(H,18,19)(H,20,21). The molecular formula is C15H13FN2O3S. The zero-order chi connectivity index (χ0) is 15.7. The van der Waals surface area contributed by atoms with Gasteiger partial charge in [0.25, 0.3) is 5.91 Å². The first kappa shape index (κ1) is 14.6. The number of amides is 1. The highest BCUT2D eigenvalue weighted by Crippen LogP contribution is 2.38. The number of thiophene rings is 1. The third-order valence-corrected chi connectivity index (χ3v) is 4.78. The number of rotatable bonds is 3. The molecule has 0 saturated heterocycles. The summed E-state index contributed by atoms with van der Waals surface area (Å²) in [7, 11) is 0. The Labute approximate surface area is 129 Å². The maximum atomic E-state index is 12.8. The highest BCUT2D eigenvalue weighted by atomic mass is 32.1. The van der Waals surface area contributed by atoms with Crippen LogP contribution in [-0.2, 0) is 12.8 Å². The van der Waals surface area contributed by atoms with Gasteiger partial charge in [-0.2, -0.15) is 0 Å². The first-order valence-corrected chi connectivity index (χ1v) is 7.68. The van der Waals surface area contributed by atoms with Crippen LogP contribution in [0.15, 0.2) is 18.3 Å². The number of anilines is 1. The number of nitrogens with zero attached hydrogens (tertiary/aromatic N) is 1. The Hall–Kier alpha value is -2.28. The van der Waals surface area contributed by atoms with Gasteiger partial charge in [-0.05, 0) is 43.4 Å². The van der Waals surface area contributed by atoms with Gasteiger partial charge in [-0.1, -0.05) is 0 Å². The number of aryl methyl sites for hydroxylation is 1. The van der Waals surface area contributed by atoms with E-state index < -0.39 is 17.7 Å². The van der Waals surface area contributed by atoms with Gasteiger partial charge in [-0.25, -0.2) is 14.2 Å². The summed E-state index contributed by atoms with van der Waals surface area (Å²) in [6, 6.07) is 2.40. The van der Waals surface area contributed by atoms with Gasteiger partial charge in [-0.3, -0.25) is 4.79 Å². The van der Waals surface area contributed by atoms with Crippen LogP contribution in [0.5, 0.6) is 0 Å². The van der Waals surface area contributed by atoms with E-state index in [-0.39, 0.29) is 11.3 Å². The Kier molecular flexibility index (Phi) is 3.89. The monoisotopic (exact) mass is 320 g/mol. The number of carboxylic acids is 1. The average molecular weight is 320 g/mol. The van der Waals surface area contributed by atoms with E-state index >= 15 is 0 Å². The van der Waals surface area contributed by atoms with E-state index in [0.29, 0.717) is 5.00 Å². The summed E-state index contributed by atoms with van der Waals surface area (Å²) in [5.41, 5.74) is 1.05. The molecule has 0 bridgehead atoms. The minimum atomic E-state index is -1.04. The van der Waals surface area contributed by atoms with E-state index in [4.69, 9.17) is 0 Å². The maximum Gasteiger partial charge on any atom is 0.339 e. The van der Waals surface area contributed by atoms with Crippen molar-refractivity contribution in [2.45, 2.75) is 25.7 Å². The van der Waals surface area contributed by atoms with E-state index in [1.165, 1.54) is 17.4 Å². The molecule has 1 aliphatic rings. The van der Waals surface area contributed by atoms with Gasteiger partial charge < -0.3 is 10.4 Å². The second-order valence-electron chi connectivity index (χ2n) is 5.04. The van der Waals surface area contributed by atoms with Crippen LogP contribution in [0.2, 0.25) is 0 Å². The van der Waals surface area contributed by atoms with Crippen molar-refractivity contribution < 1.29 is 19.1 Å². The summed E-state index contributed by atoms with van der Waals surface area (Å²) in [6.07, 6.45) is 4.49. The zero-order valence-electron chi connectivity index (χ0n) is 11.6. The zero-order valence-corrected chi connectivity index (χ0v) is 12.4. The molecule has 7 heteroatoms. The van der Waals surface area contributed by atoms with Crippen LogP contribution in [-0.4, -0.2) is 22.0 Å². The van der Waals surface area contributed by atoms with Crippen LogP contribution >= 0.6 is 11.3 Å². The molecule has 2 heterocycles. The summed E-state index contributed by atoms with van der Waals surface area (Å²) in [6.45, 7) is 0. The normalized spacial score (nSPS) is 13.5. The predicted octanol–water partition coefficient (Wildman–Crippen LogP) is 3.11. The third kappa shape index (κ3) is 2.71. The topological polar surface area (TPSA) is 79.3 Å². The number of halogens is 1. The number of hydrogen-bond acceptors (Lipinski definition) is 4. The fraction of sp³-hybridized carbons (Fsp3) is 0.267. The van der Waals surface area contributed by atoms with Crippen molar-refractivity contribution >= 4 is 28.2 Å². The lowest BCUT2D eigenvalue weighted by Crippen LogP contribution is -2.15. The highest BCUT2D eigenvalue weighted by molar-refractivity contribution is 7.17. The minimum Gasteiger partial charge on any atom is -0.478 e. The molecule has 114 valence electrons. The van der Waals surface area contributed by atoms with E-state index in [1.54, 1.807) is 0 Å². The molecule has 0 radical (unpaired) electrons. The van der Waals surface area contributed by atoms with Crippen molar-refractivity contribution in [3.8, 4) is 0 Å². The van der Waals surface area contributed by atoms with Crippen molar-refractivity contribution in [2.75, 3.05) is 5.32 Å². The van der Waals surface area contributed by atoms with Gasteiger partial charge in [0, 0.05) is 4.88 Å². The number of pyridine rings is 1. The number of aromatic carboxylic acids is 1. The fourth-order valence-corrected chi connectivity index (χ4v) is 3.83. The molecule has 0 atom stereocenters. The van der Waals surface area contributed by atoms with Crippen LogP contribution in [0, 0.1) is 5.82 Å². The molecule has 5 nitrogen and oxygen atoms in total. The highest BCUT2D eigenvalue weighted by Gasteiger charge is 2.26. The number of carbonyl (C=O) groups excluding carboxylic acids is 1. The lowest BCUT2D eigenvalue weighted by atomic mass is 9.95. The number of nitrogens with one attached hydrogen (secondary N) is 1. The second kappa shape index (κ2) is 5.84. The van der Waals surface area contributed by atoms with Crippen molar-refractivity contribution in [1.29, 1.82) is 0 Å². The van der Waals surface area contributed by atoms with Crippen molar-refractivity contribution in [1.82, 2.24) is 4.98 Å². The molecule has 1 amide bonds. The summed E-state index contributed by atoms with van der Waals surface area (Å²) in [5, 5.41) is 12.3. The largest absolute Gasteiger partial charge is 0.478 e. The van der Waals surface area contributed by atoms with Gasteiger partial charge in [0.05, 0.1) is 11.8 Å². The van der Waals surface area contributed by atoms with Crippen LogP contribution in [0.1, 0.15) is 44.1 Å². The van der Waals surface area contributed by atoms with Crippen LogP contribution in [0.3, 0.4) is 0 Å². The molecule has 0 spiro atoms. The summed E-state index contributed by atoms with van der Waals surface area (Å²) in [5.74, 6) is -2.11.